The van der Waals surface area contributed by atoms with E-state index in [9.17, 15) is 4.79 Å². The molecule has 0 spiro atoms. The third-order valence-corrected chi connectivity index (χ3v) is 4.47. The second kappa shape index (κ2) is 7.70. The third-order valence-electron chi connectivity index (χ3n) is 3.65. The first-order valence-electron chi connectivity index (χ1n) is 7.76. The van der Waals surface area contributed by atoms with E-state index in [-0.39, 0.29) is 11.9 Å². The van der Waals surface area contributed by atoms with Crippen LogP contribution in [0.2, 0.25) is 0 Å². The second-order valence-corrected chi connectivity index (χ2v) is 6.33. The Hall–Kier alpha value is -2.72. The summed E-state index contributed by atoms with van der Waals surface area (Å²) in [4.78, 5) is 16.4. The Balaban J connectivity index is 1.66. The van der Waals surface area contributed by atoms with E-state index in [2.05, 4.69) is 16.4 Å². The van der Waals surface area contributed by atoms with Gasteiger partial charge in [-0.1, -0.05) is 48.5 Å². The number of rotatable bonds is 5. The van der Waals surface area contributed by atoms with Crippen molar-refractivity contribution in [3.63, 3.8) is 0 Å². The lowest BCUT2D eigenvalue weighted by Gasteiger charge is -2.13. The Morgan fingerprint density at radius 2 is 2.00 bits per heavy atom. The van der Waals surface area contributed by atoms with Crippen molar-refractivity contribution in [1.82, 2.24) is 10.3 Å². The van der Waals surface area contributed by atoms with Crippen LogP contribution in [-0.4, -0.2) is 10.9 Å². The summed E-state index contributed by atoms with van der Waals surface area (Å²) >= 11 is 1.61. The Morgan fingerprint density at radius 1 is 1.17 bits per heavy atom. The van der Waals surface area contributed by atoms with Crippen LogP contribution in [0.25, 0.3) is 16.6 Å². The highest BCUT2D eigenvalue weighted by Crippen LogP contribution is 2.24. The number of hydrogen-bond acceptors (Lipinski definition) is 3. The molecule has 3 rings (SSSR count). The summed E-state index contributed by atoms with van der Waals surface area (Å²) in [6.07, 6.45) is 5.18. The topological polar surface area (TPSA) is 42.0 Å². The number of thiazole rings is 1. The molecule has 1 heterocycles. The molecule has 1 unspecified atom stereocenters. The minimum atomic E-state index is -0.106. The number of hydrogen-bond donors (Lipinski definition) is 1. The van der Waals surface area contributed by atoms with E-state index >= 15 is 0 Å². The van der Waals surface area contributed by atoms with Gasteiger partial charge < -0.3 is 5.32 Å². The normalized spacial score (nSPS) is 12.2. The van der Waals surface area contributed by atoms with Crippen LogP contribution in [0.5, 0.6) is 0 Å². The molecule has 1 amide bonds. The van der Waals surface area contributed by atoms with Gasteiger partial charge in [0.1, 0.15) is 5.01 Å². The predicted octanol–water partition coefficient (Wildman–Crippen LogP) is 4.70. The van der Waals surface area contributed by atoms with Gasteiger partial charge in [-0.3, -0.25) is 4.79 Å². The first-order valence-corrected chi connectivity index (χ1v) is 8.64. The first-order chi connectivity index (χ1) is 11.7. The molecule has 0 radical (unpaired) electrons. The van der Waals surface area contributed by atoms with Crippen molar-refractivity contribution < 1.29 is 4.79 Å². The molecule has 1 N–H and O–H groups in total. The van der Waals surface area contributed by atoms with Gasteiger partial charge in [-0.2, -0.15) is 0 Å². The molecule has 2 aromatic carbocycles. The third kappa shape index (κ3) is 4.18. The quantitative estimate of drug-likeness (QED) is 0.687. The van der Waals surface area contributed by atoms with Gasteiger partial charge in [-0.25, -0.2) is 4.98 Å². The van der Waals surface area contributed by atoms with Crippen LogP contribution in [0.3, 0.4) is 0 Å². The number of nitrogens with one attached hydrogen (secondary N) is 1. The molecule has 3 aromatic rings. The lowest BCUT2D eigenvalue weighted by atomic mass is 10.1. The molecule has 24 heavy (non-hydrogen) atoms. The SMILES string of the molecule is CC(NC(=O)/C=C/c1ccccc1)c1cccc(-c2nccs2)c1. The van der Waals surface area contributed by atoms with Gasteiger partial charge in [0.2, 0.25) is 5.91 Å². The molecule has 4 heteroatoms. The Bertz CT molecular complexity index is 826. The maximum Gasteiger partial charge on any atom is 0.244 e. The van der Waals surface area contributed by atoms with Crippen molar-refractivity contribution in [2.75, 3.05) is 0 Å². The van der Waals surface area contributed by atoms with Crippen molar-refractivity contribution in [2.45, 2.75) is 13.0 Å². The second-order valence-electron chi connectivity index (χ2n) is 5.44. The largest absolute Gasteiger partial charge is 0.346 e. The fourth-order valence-electron chi connectivity index (χ4n) is 2.39. The summed E-state index contributed by atoms with van der Waals surface area (Å²) in [5.74, 6) is -0.106. The van der Waals surface area contributed by atoms with Gasteiger partial charge in [0.25, 0.3) is 0 Å². The highest BCUT2D eigenvalue weighted by Gasteiger charge is 2.09. The number of benzene rings is 2. The summed E-state index contributed by atoms with van der Waals surface area (Å²) in [5, 5.41) is 5.94. The lowest BCUT2D eigenvalue weighted by molar-refractivity contribution is -0.117. The monoisotopic (exact) mass is 334 g/mol. The molecular formula is C20H18N2OS. The average Bonchev–Trinajstić information content (AvgIpc) is 3.16. The molecule has 0 fully saturated rings. The Kier molecular flexibility index (Phi) is 5.18. The Labute approximate surface area is 145 Å². The van der Waals surface area contributed by atoms with E-state index in [1.165, 1.54) is 0 Å². The van der Waals surface area contributed by atoms with Gasteiger partial charge in [0, 0.05) is 23.2 Å². The molecule has 0 aliphatic carbocycles. The molecular weight excluding hydrogens is 316 g/mol. The van der Waals surface area contributed by atoms with Gasteiger partial charge in [-0.05, 0) is 30.2 Å². The highest BCUT2D eigenvalue weighted by atomic mass is 32.1. The van der Waals surface area contributed by atoms with Crippen LogP contribution in [-0.2, 0) is 4.79 Å². The van der Waals surface area contributed by atoms with Crippen molar-refractivity contribution in [3.05, 3.63) is 83.4 Å². The summed E-state index contributed by atoms with van der Waals surface area (Å²) < 4.78 is 0. The summed E-state index contributed by atoms with van der Waals surface area (Å²) in [7, 11) is 0. The van der Waals surface area contributed by atoms with Gasteiger partial charge in [-0.15, -0.1) is 11.3 Å². The molecule has 0 aliphatic rings. The van der Waals surface area contributed by atoms with Crippen LogP contribution in [0.4, 0.5) is 0 Å². The molecule has 1 atom stereocenters. The zero-order chi connectivity index (χ0) is 16.8. The molecule has 0 saturated carbocycles. The van der Waals surface area contributed by atoms with Crippen LogP contribution in [0.1, 0.15) is 24.1 Å². The highest BCUT2D eigenvalue weighted by molar-refractivity contribution is 7.13. The van der Waals surface area contributed by atoms with E-state index in [1.54, 1.807) is 23.6 Å². The fraction of sp³-hybridized carbons (Fsp3) is 0.100. The van der Waals surface area contributed by atoms with Gasteiger partial charge in [0.05, 0.1) is 6.04 Å². The number of nitrogens with zero attached hydrogens (tertiary/aromatic N) is 1. The van der Waals surface area contributed by atoms with Crippen LogP contribution in [0, 0.1) is 0 Å². The predicted molar refractivity (Wildman–Crippen MR) is 99.6 cm³/mol. The molecule has 0 bridgehead atoms. The van der Waals surface area contributed by atoms with Crippen molar-refractivity contribution in [1.29, 1.82) is 0 Å². The summed E-state index contributed by atoms with van der Waals surface area (Å²) in [5.41, 5.74) is 3.14. The van der Waals surface area contributed by atoms with E-state index in [1.807, 2.05) is 66.9 Å². The summed E-state index contributed by atoms with van der Waals surface area (Å²) in [6.45, 7) is 1.98. The smallest absolute Gasteiger partial charge is 0.244 e. The zero-order valence-electron chi connectivity index (χ0n) is 13.3. The van der Waals surface area contributed by atoms with Crippen LogP contribution in [0.15, 0.2) is 72.3 Å². The number of carbonyl (C=O) groups excluding carboxylic acids is 1. The summed E-state index contributed by atoms with van der Waals surface area (Å²) in [6, 6.07) is 17.8. The van der Waals surface area contributed by atoms with Crippen LogP contribution >= 0.6 is 11.3 Å². The zero-order valence-corrected chi connectivity index (χ0v) is 14.2. The van der Waals surface area contributed by atoms with Gasteiger partial charge >= 0.3 is 0 Å². The first kappa shape index (κ1) is 16.1. The van der Waals surface area contributed by atoms with Crippen molar-refractivity contribution >= 4 is 23.3 Å². The molecule has 1 aromatic heterocycles. The molecule has 120 valence electrons. The average molecular weight is 334 g/mol. The van der Waals surface area contributed by atoms with E-state index in [4.69, 9.17) is 0 Å². The van der Waals surface area contributed by atoms with Crippen LogP contribution < -0.4 is 5.32 Å². The maximum absolute atomic E-state index is 12.1. The standard InChI is InChI=1S/C20H18N2OS/c1-15(22-19(23)11-10-16-6-3-2-4-7-16)17-8-5-9-18(14-17)20-21-12-13-24-20/h2-15H,1H3,(H,22,23)/b11-10+. The molecule has 3 nitrogen and oxygen atoms in total. The fourth-order valence-corrected chi connectivity index (χ4v) is 3.02. The number of carbonyl (C=O) groups is 1. The lowest BCUT2D eigenvalue weighted by Crippen LogP contribution is -2.24. The molecule has 0 saturated heterocycles. The van der Waals surface area contributed by atoms with E-state index in [0.717, 1.165) is 21.7 Å². The Morgan fingerprint density at radius 3 is 2.75 bits per heavy atom. The van der Waals surface area contributed by atoms with Crippen molar-refractivity contribution in [2.24, 2.45) is 0 Å². The number of aromatic nitrogens is 1. The van der Waals surface area contributed by atoms with E-state index in [0.29, 0.717) is 0 Å². The number of amides is 1. The minimum absolute atomic E-state index is 0.0714. The maximum atomic E-state index is 12.1. The molecule has 0 aliphatic heterocycles. The van der Waals surface area contributed by atoms with Crippen molar-refractivity contribution in [3.8, 4) is 10.6 Å². The van der Waals surface area contributed by atoms with Gasteiger partial charge in [0.15, 0.2) is 0 Å². The van der Waals surface area contributed by atoms with E-state index < -0.39 is 0 Å². The minimum Gasteiger partial charge on any atom is -0.346 e.